The zero-order valence-electron chi connectivity index (χ0n) is 12.0. The smallest absolute Gasteiger partial charge is 0.271 e. The normalized spacial score (nSPS) is 10.1. The SMILES string of the molecule is O=C(/C=C/c1ccccc1)NC(=S)NNC(=O)c1cccnc1. The number of pyridine rings is 1. The third kappa shape index (κ3) is 5.68. The van der Waals surface area contributed by atoms with Gasteiger partial charge in [-0.3, -0.25) is 30.7 Å². The van der Waals surface area contributed by atoms with Gasteiger partial charge < -0.3 is 0 Å². The molecule has 0 atom stereocenters. The van der Waals surface area contributed by atoms with Crippen molar-refractivity contribution in [2.24, 2.45) is 0 Å². The quantitative estimate of drug-likeness (QED) is 0.451. The minimum absolute atomic E-state index is 0.00930. The lowest BCUT2D eigenvalue weighted by Gasteiger charge is -2.09. The van der Waals surface area contributed by atoms with E-state index >= 15 is 0 Å². The molecule has 3 N–H and O–H groups in total. The fraction of sp³-hybridized carbons (Fsp3) is 0. The summed E-state index contributed by atoms with van der Waals surface area (Å²) in [6, 6.07) is 12.6. The topological polar surface area (TPSA) is 83.1 Å². The third-order valence-corrected chi connectivity index (χ3v) is 2.88. The molecule has 116 valence electrons. The number of hydrogen-bond acceptors (Lipinski definition) is 4. The molecular formula is C16H14N4O2S. The second kappa shape index (κ2) is 8.40. The Hall–Kier alpha value is -3.06. The van der Waals surface area contributed by atoms with Gasteiger partial charge in [-0.1, -0.05) is 30.3 Å². The molecule has 1 heterocycles. The van der Waals surface area contributed by atoms with Crippen LogP contribution in [-0.2, 0) is 4.79 Å². The molecule has 0 aliphatic carbocycles. The molecule has 1 aromatic heterocycles. The second-order valence-electron chi connectivity index (χ2n) is 4.38. The Labute approximate surface area is 138 Å². The zero-order chi connectivity index (χ0) is 16.5. The minimum atomic E-state index is -0.408. The first-order valence-corrected chi connectivity index (χ1v) is 7.10. The highest BCUT2D eigenvalue weighted by Crippen LogP contribution is 2.00. The summed E-state index contributed by atoms with van der Waals surface area (Å²) in [5, 5.41) is 2.41. The van der Waals surface area contributed by atoms with Gasteiger partial charge in [-0.15, -0.1) is 0 Å². The molecule has 2 amide bonds. The monoisotopic (exact) mass is 326 g/mol. The Kier molecular flexibility index (Phi) is 5.96. The summed E-state index contributed by atoms with van der Waals surface area (Å²) in [5.74, 6) is -0.809. The minimum Gasteiger partial charge on any atom is -0.298 e. The van der Waals surface area contributed by atoms with Crippen molar-refractivity contribution in [3.8, 4) is 0 Å². The number of aromatic nitrogens is 1. The van der Waals surface area contributed by atoms with Crippen LogP contribution >= 0.6 is 12.2 Å². The molecule has 0 radical (unpaired) electrons. The van der Waals surface area contributed by atoms with E-state index in [0.717, 1.165) is 5.56 Å². The summed E-state index contributed by atoms with van der Waals surface area (Å²) < 4.78 is 0. The van der Waals surface area contributed by atoms with Crippen LogP contribution in [0.2, 0.25) is 0 Å². The predicted octanol–water partition coefficient (Wildman–Crippen LogP) is 1.43. The van der Waals surface area contributed by atoms with Gasteiger partial charge in [0.25, 0.3) is 5.91 Å². The highest BCUT2D eigenvalue weighted by Gasteiger charge is 2.06. The van der Waals surface area contributed by atoms with Crippen LogP contribution in [0.15, 0.2) is 60.9 Å². The zero-order valence-corrected chi connectivity index (χ0v) is 12.8. The molecule has 0 saturated heterocycles. The molecule has 2 rings (SSSR count). The van der Waals surface area contributed by atoms with E-state index in [4.69, 9.17) is 12.2 Å². The first kappa shape index (κ1) is 16.3. The van der Waals surface area contributed by atoms with E-state index in [1.165, 1.54) is 12.3 Å². The van der Waals surface area contributed by atoms with Crippen LogP contribution in [-0.4, -0.2) is 21.9 Å². The number of carbonyl (C=O) groups excluding carboxylic acids is 2. The van der Waals surface area contributed by atoms with Crippen LogP contribution in [0.25, 0.3) is 6.08 Å². The maximum atomic E-state index is 11.7. The molecule has 0 unspecified atom stereocenters. The van der Waals surface area contributed by atoms with Crippen LogP contribution in [0.4, 0.5) is 0 Å². The number of rotatable bonds is 3. The Morgan fingerprint density at radius 2 is 1.83 bits per heavy atom. The number of amides is 2. The summed E-state index contributed by atoms with van der Waals surface area (Å²) in [6.07, 6.45) is 5.99. The first-order valence-electron chi connectivity index (χ1n) is 6.69. The van der Waals surface area contributed by atoms with Crippen molar-refractivity contribution in [3.63, 3.8) is 0 Å². The molecule has 6 nitrogen and oxygen atoms in total. The average molecular weight is 326 g/mol. The lowest BCUT2D eigenvalue weighted by molar-refractivity contribution is -0.115. The molecule has 23 heavy (non-hydrogen) atoms. The number of carbonyl (C=O) groups is 2. The number of nitrogens with zero attached hydrogens (tertiary/aromatic N) is 1. The van der Waals surface area contributed by atoms with E-state index in [2.05, 4.69) is 21.2 Å². The standard InChI is InChI=1S/C16H14N4O2S/c21-14(9-8-12-5-2-1-3-6-12)18-16(23)20-19-15(22)13-7-4-10-17-11-13/h1-11H,(H,19,22)(H2,18,20,21,23)/b9-8+. The Morgan fingerprint density at radius 1 is 1.04 bits per heavy atom. The number of hydrazine groups is 1. The lowest BCUT2D eigenvalue weighted by Crippen LogP contribution is -2.48. The molecule has 0 fully saturated rings. The van der Waals surface area contributed by atoms with Gasteiger partial charge in [0.15, 0.2) is 5.11 Å². The maximum Gasteiger partial charge on any atom is 0.271 e. The van der Waals surface area contributed by atoms with Crippen LogP contribution < -0.4 is 16.2 Å². The van der Waals surface area contributed by atoms with Crippen molar-refractivity contribution in [2.45, 2.75) is 0 Å². The first-order chi connectivity index (χ1) is 11.1. The molecule has 0 aliphatic heterocycles. The van der Waals surface area contributed by atoms with Gasteiger partial charge in [-0.2, -0.15) is 0 Å². The molecule has 0 bridgehead atoms. The number of benzene rings is 1. The number of hydrogen-bond donors (Lipinski definition) is 3. The van der Waals surface area contributed by atoms with Gasteiger partial charge >= 0.3 is 0 Å². The van der Waals surface area contributed by atoms with Gasteiger partial charge in [0.2, 0.25) is 5.91 Å². The summed E-state index contributed by atoms with van der Waals surface area (Å²) in [7, 11) is 0. The molecule has 2 aromatic rings. The van der Waals surface area contributed by atoms with Crippen molar-refractivity contribution in [2.75, 3.05) is 0 Å². The molecule has 1 aromatic carbocycles. The van der Waals surface area contributed by atoms with Gasteiger partial charge in [0.05, 0.1) is 5.56 Å². The van der Waals surface area contributed by atoms with E-state index in [9.17, 15) is 9.59 Å². The van der Waals surface area contributed by atoms with E-state index in [1.807, 2.05) is 30.3 Å². The fourth-order valence-electron chi connectivity index (χ4n) is 1.60. The molecule has 0 saturated carbocycles. The largest absolute Gasteiger partial charge is 0.298 e. The Bertz CT molecular complexity index is 717. The van der Waals surface area contributed by atoms with E-state index in [0.29, 0.717) is 5.56 Å². The van der Waals surface area contributed by atoms with Crippen molar-refractivity contribution in [1.29, 1.82) is 0 Å². The Balaban J connectivity index is 1.77. The summed E-state index contributed by atoms with van der Waals surface area (Å²) >= 11 is 4.92. The average Bonchev–Trinajstić information content (AvgIpc) is 2.59. The van der Waals surface area contributed by atoms with Crippen LogP contribution in [0.1, 0.15) is 15.9 Å². The Morgan fingerprint density at radius 3 is 2.52 bits per heavy atom. The third-order valence-electron chi connectivity index (χ3n) is 2.68. The molecule has 0 aliphatic rings. The van der Waals surface area contributed by atoms with Crippen molar-refractivity contribution < 1.29 is 9.59 Å². The number of thiocarbonyl (C=S) groups is 1. The van der Waals surface area contributed by atoms with Crippen LogP contribution in [0.5, 0.6) is 0 Å². The van der Waals surface area contributed by atoms with Gasteiger partial charge in [-0.25, -0.2) is 0 Å². The molecular weight excluding hydrogens is 312 g/mol. The van der Waals surface area contributed by atoms with Gasteiger partial charge in [0.1, 0.15) is 0 Å². The van der Waals surface area contributed by atoms with Crippen molar-refractivity contribution in [1.82, 2.24) is 21.2 Å². The molecule has 0 spiro atoms. The highest BCUT2D eigenvalue weighted by atomic mass is 32.1. The van der Waals surface area contributed by atoms with E-state index < -0.39 is 11.8 Å². The van der Waals surface area contributed by atoms with E-state index in [-0.39, 0.29) is 5.11 Å². The van der Waals surface area contributed by atoms with Gasteiger partial charge in [-0.05, 0) is 36.0 Å². The van der Waals surface area contributed by atoms with Crippen LogP contribution in [0.3, 0.4) is 0 Å². The highest BCUT2D eigenvalue weighted by molar-refractivity contribution is 7.80. The van der Waals surface area contributed by atoms with Crippen LogP contribution in [0, 0.1) is 0 Å². The van der Waals surface area contributed by atoms with Crippen molar-refractivity contribution >= 4 is 35.2 Å². The fourth-order valence-corrected chi connectivity index (χ4v) is 1.76. The number of nitrogens with one attached hydrogen (secondary N) is 3. The van der Waals surface area contributed by atoms with E-state index in [1.54, 1.807) is 24.4 Å². The second-order valence-corrected chi connectivity index (χ2v) is 4.79. The lowest BCUT2D eigenvalue weighted by atomic mass is 10.2. The predicted molar refractivity (Wildman–Crippen MR) is 91.1 cm³/mol. The van der Waals surface area contributed by atoms with Gasteiger partial charge in [0, 0.05) is 18.5 Å². The van der Waals surface area contributed by atoms with Crippen molar-refractivity contribution in [3.05, 3.63) is 72.1 Å². The maximum absolute atomic E-state index is 11.7. The summed E-state index contributed by atoms with van der Waals surface area (Å²) in [6.45, 7) is 0. The molecule has 7 heteroatoms. The summed E-state index contributed by atoms with van der Waals surface area (Å²) in [5.41, 5.74) is 6.09. The summed E-state index contributed by atoms with van der Waals surface area (Å²) in [4.78, 5) is 27.3.